The summed E-state index contributed by atoms with van der Waals surface area (Å²) in [4.78, 5) is 0. The Hall–Kier alpha value is -1.18. The zero-order chi connectivity index (χ0) is 11.8. The molecule has 0 aromatic heterocycles. The monoisotopic (exact) mass is 220 g/mol. The van der Waals surface area contributed by atoms with Gasteiger partial charge in [0.25, 0.3) is 0 Å². The molecule has 0 aliphatic carbocycles. The lowest BCUT2D eigenvalue weighted by Crippen LogP contribution is -2.09. The molecular weight excluding hydrogens is 196 g/mol. The molecule has 0 radical (unpaired) electrons. The van der Waals surface area contributed by atoms with Crippen LogP contribution in [0.1, 0.15) is 40.0 Å². The minimum Gasteiger partial charge on any atom is -0.385 e. The van der Waals surface area contributed by atoms with E-state index in [2.05, 4.69) is 55.7 Å². The molecule has 0 fully saturated rings. The predicted octanol–water partition coefficient (Wildman–Crippen LogP) is 4.11. The van der Waals surface area contributed by atoms with Gasteiger partial charge in [-0.2, -0.15) is 0 Å². The van der Waals surface area contributed by atoms with Gasteiger partial charge in [0.15, 0.2) is 0 Å². The molecule has 1 aromatic carbocycles. The third-order valence-corrected chi connectivity index (χ3v) is 2.45. The third kappa shape index (κ3) is 5.06. The highest BCUT2D eigenvalue weighted by Crippen LogP contribution is 2.14. The molecule has 0 atom stereocenters. The SMILES string of the molecule is CCCCCNc1ccc(NC(C)C)cc1. The molecule has 1 rings (SSSR count). The number of benzene rings is 1. The summed E-state index contributed by atoms with van der Waals surface area (Å²) in [5.74, 6) is 0. The van der Waals surface area contributed by atoms with Gasteiger partial charge in [0.1, 0.15) is 0 Å². The molecule has 90 valence electrons. The molecule has 1 aromatic rings. The maximum absolute atomic E-state index is 3.43. The Morgan fingerprint density at radius 2 is 1.62 bits per heavy atom. The first-order valence-corrected chi connectivity index (χ1v) is 6.33. The molecular formula is C14H24N2. The van der Waals surface area contributed by atoms with Gasteiger partial charge >= 0.3 is 0 Å². The van der Waals surface area contributed by atoms with E-state index in [1.165, 1.54) is 30.6 Å². The third-order valence-electron chi connectivity index (χ3n) is 2.45. The van der Waals surface area contributed by atoms with Crippen LogP contribution in [0.15, 0.2) is 24.3 Å². The van der Waals surface area contributed by atoms with Crippen LogP contribution in [0, 0.1) is 0 Å². The van der Waals surface area contributed by atoms with Crippen molar-refractivity contribution in [2.45, 2.75) is 46.1 Å². The van der Waals surface area contributed by atoms with Crippen molar-refractivity contribution >= 4 is 11.4 Å². The maximum Gasteiger partial charge on any atom is 0.0343 e. The van der Waals surface area contributed by atoms with Gasteiger partial charge in [-0.1, -0.05) is 19.8 Å². The Morgan fingerprint density at radius 3 is 2.19 bits per heavy atom. The molecule has 0 amide bonds. The number of rotatable bonds is 7. The van der Waals surface area contributed by atoms with Crippen LogP contribution in [0.3, 0.4) is 0 Å². The van der Waals surface area contributed by atoms with Crippen LogP contribution in [-0.2, 0) is 0 Å². The maximum atomic E-state index is 3.43. The summed E-state index contributed by atoms with van der Waals surface area (Å²) < 4.78 is 0. The average Bonchev–Trinajstić information content (AvgIpc) is 2.26. The van der Waals surface area contributed by atoms with Crippen LogP contribution in [-0.4, -0.2) is 12.6 Å². The van der Waals surface area contributed by atoms with E-state index in [-0.39, 0.29) is 0 Å². The Morgan fingerprint density at radius 1 is 1.00 bits per heavy atom. The number of nitrogens with one attached hydrogen (secondary N) is 2. The van der Waals surface area contributed by atoms with Gasteiger partial charge in [0.2, 0.25) is 0 Å². The van der Waals surface area contributed by atoms with Crippen molar-refractivity contribution in [3.05, 3.63) is 24.3 Å². The summed E-state index contributed by atoms with van der Waals surface area (Å²) in [6.07, 6.45) is 3.83. The summed E-state index contributed by atoms with van der Waals surface area (Å²) in [6, 6.07) is 9.01. The number of hydrogen-bond acceptors (Lipinski definition) is 2. The molecule has 0 saturated carbocycles. The van der Waals surface area contributed by atoms with E-state index in [0.717, 1.165) is 6.54 Å². The highest BCUT2D eigenvalue weighted by Gasteiger charge is 1.95. The van der Waals surface area contributed by atoms with E-state index < -0.39 is 0 Å². The quantitative estimate of drug-likeness (QED) is 0.676. The standard InChI is InChI=1S/C14H24N2/c1-4-5-6-11-15-13-7-9-14(10-8-13)16-12(2)3/h7-10,12,15-16H,4-6,11H2,1-3H3. The molecule has 0 heterocycles. The number of anilines is 2. The fourth-order valence-electron chi connectivity index (χ4n) is 1.63. The Labute approximate surface area is 99.5 Å². The van der Waals surface area contributed by atoms with Gasteiger partial charge in [0, 0.05) is 24.0 Å². The van der Waals surface area contributed by atoms with Gasteiger partial charge in [-0.3, -0.25) is 0 Å². The zero-order valence-corrected chi connectivity index (χ0v) is 10.7. The van der Waals surface area contributed by atoms with Crippen molar-refractivity contribution in [1.29, 1.82) is 0 Å². The second-order valence-corrected chi connectivity index (χ2v) is 4.51. The first-order chi connectivity index (χ1) is 7.72. The smallest absolute Gasteiger partial charge is 0.0343 e. The van der Waals surface area contributed by atoms with Crippen LogP contribution in [0.4, 0.5) is 11.4 Å². The van der Waals surface area contributed by atoms with Crippen molar-refractivity contribution in [2.75, 3.05) is 17.2 Å². The van der Waals surface area contributed by atoms with Gasteiger partial charge < -0.3 is 10.6 Å². The van der Waals surface area contributed by atoms with Crippen molar-refractivity contribution in [3.63, 3.8) is 0 Å². The average molecular weight is 220 g/mol. The normalized spacial score (nSPS) is 10.5. The van der Waals surface area contributed by atoms with Gasteiger partial charge in [-0.05, 0) is 44.5 Å². The molecule has 0 aliphatic heterocycles. The Balaban J connectivity index is 2.33. The lowest BCUT2D eigenvalue weighted by atomic mass is 10.2. The van der Waals surface area contributed by atoms with E-state index in [1.54, 1.807) is 0 Å². The molecule has 0 bridgehead atoms. The van der Waals surface area contributed by atoms with Crippen molar-refractivity contribution < 1.29 is 0 Å². The van der Waals surface area contributed by atoms with E-state index in [9.17, 15) is 0 Å². The van der Waals surface area contributed by atoms with Crippen LogP contribution < -0.4 is 10.6 Å². The van der Waals surface area contributed by atoms with Gasteiger partial charge in [-0.25, -0.2) is 0 Å². The lowest BCUT2D eigenvalue weighted by Gasteiger charge is -2.11. The van der Waals surface area contributed by atoms with Crippen molar-refractivity contribution in [3.8, 4) is 0 Å². The molecule has 2 heteroatoms. The summed E-state index contributed by atoms with van der Waals surface area (Å²) >= 11 is 0. The highest BCUT2D eigenvalue weighted by atomic mass is 14.9. The first-order valence-electron chi connectivity index (χ1n) is 6.33. The van der Waals surface area contributed by atoms with Crippen LogP contribution >= 0.6 is 0 Å². The van der Waals surface area contributed by atoms with E-state index in [1.807, 2.05) is 0 Å². The lowest BCUT2D eigenvalue weighted by molar-refractivity contribution is 0.744. The summed E-state index contributed by atoms with van der Waals surface area (Å²) in [6.45, 7) is 7.60. The van der Waals surface area contributed by atoms with Crippen LogP contribution in [0.25, 0.3) is 0 Å². The van der Waals surface area contributed by atoms with E-state index in [4.69, 9.17) is 0 Å². The second kappa shape index (κ2) is 7.15. The minimum absolute atomic E-state index is 0.489. The van der Waals surface area contributed by atoms with Gasteiger partial charge in [0.05, 0.1) is 0 Å². The molecule has 0 unspecified atom stereocenters. The topological polar surface area (TPSA) is 24.1 Å². The van der Waals surface area contributed by atoms with E-state index in [0.29, 0.717) is 6.04 Å². The van der Waals surface area contributed by atoms with Crippen LogP contribution in [0.5, 0.6) is 0 Å². The first kappa shape index (κ1) is 12.9. The van der Waals surface area contributed by atoms with Crippen molar-refractivity contribution in [1.82, 2.24) is 0 Å². The minimum atomic E-state index is 0.489. The Bertz CT molecular complexity index is 277. The molecule has 16 heavy (non-hydrogen) atoms. The predicted molar refractivity (Wildman–Crippen MR) is 73.2 cm³/mol. The number of hydrogen-bond donors (Lipinski definition) is 2. The van der Waals surface area contributed by atoms with Crippen molar-refractivity contribution in [2.24, 2.45) is 0 Å². The number of unbranched alkanes of at least 4 members (excludes halogenated alkanes) is 2. The highest BCUT2D eigenvalue weighted by molar-refractivity contribution is 5.53. The fourth-order valence-corrected chi connectivity index (χ4v) is 1.63. The summed E-state index contributed by atoms with van der Waals surface area (Å²) in [7, 11) is 0. The summed E-state index contributed by atoms with van der Waals surface area (Å²) in [5.41, 5.74) is 2.40. The summed E-state index contributed by atoms with van der Waals surface area (Å²) in [5, 5.41) is 6.81. The van der Waals surface area contributed by atoms with Crippen LogP contribution in [0.2, 0.25) is 0 Å². The zero-order valence-electron chi connectivity index (χ0n) is 10.7. The second-order valence-electron chi connectivity index (χ2n) is 4.51. The molecule has 0 aliphatic rings. The Kier molecular flexibility index (Phi) is 5.76. The fraction of sp³-hybridized carbons (Fsp3) is 0.571. The largest absolute Gasteiger partial charge is 0.385 e. The molecule has 2 N–H and O–H groups in total. The van der Waals surface area contributed by atoms with Gasteiger partial charge in [-0.15, -0.1) is 0 Å². The molecule has 0 spiro atoms. The molecule has 0 saturated heterocycles. The molecule has 2 nitrogen and oxygen atoms in total. The van der Waals surface area contributed by atoms with E-state index >= 15 is 0 Å².